The number of nitrogens with one attached hydrogen (secondary N) is 1. The Morgan fingerprint density at radius 1 is 0.482 bits per heavy atom. The minimum Gasteiger partial charge on any atom is -0.466 e. The van der Waals surface area contributed by atoms with Crippen molar-refractivity contribution >= 4 is 11.9 Å². The summed E-state index contributed by atoms with van der Waals surface area (Å²) >= 11 is 0. The molecule has 0 heterocycles. The van der Waals surface area contributed by atoms with Crippen molar-refractivity contribution in [2.24, 2.45) is 0 Å². The highest BCUT2D eigenvalue weighted by Crippen LogP contribution is 2.14. The van der Waals surface area contributed by atoms with Crippen molar-refractivity contribution in [1.82, 2.24) is 5.32 Å². The van der Waals surface area contributed by atoms with E-state index in [4.69, 9.17) is 4.74 Å². The van der Waals surface area contributed by atoms with E-state index in [1.807, 2.05) is 6.08 Å². The molecular formula is C50H93NO5. The minimum absolute atomic E-state index is 0.0423. The van der Waals surface area contributed by atoms with Crippen LogP contribution >= 0.6 is 0 Å². The van der Waals surface area contributed by atoms with Gasteiger partial charge in [-0.25, -0.2) is 0 Å². The van der Waals surface area contributed by atoms with Crippen LogP contribution in [0, 0.1) is 0 Å². The summed E-state index contributed by atoms with van der Waals surface area (Å²) in [6.07, 6.45) is 54.3. The van der Waals surface area contributed by atoms with Crippen LogP contribution in [0.2, 0.25) is 0 Å². The van der Waals surface area contributed by atoms with Crippen molar-refractivity contribution < 1.29 is 24.5 Å². The van der Waals surface area contributed by atoms with Crippen LogP contribution in [-0.4, -0.2) is 47.4 Å². The Bertz CT molecular complexity index is 915. The van der Waals surface area contributed by atoms with Gasteiger partial charge in [-0.1, -0.05) is 192 Å². The molecule has 3 N–H and O–H groups in total. The molecule has 0 saturated carbocycles. The number of hydrogen-bond donors (Lipinski definition) is 3. The van der Waals surface area contributed by atoms with E-state index in [1.165, 1.54) is 148 Å². The van der Waals surface area contributed by atoms with Gasteiger partial charge in [0.2, 0.25) is 5.91 Å². The van der Waals surface area contributed by atoms with E-state index in [0.717, 1.165) is 70.6 Å². The number of esters is 1. The molecule has 2 atom stereocenters. The number of carbonyl (C=O) groups is 2. The van der Waals surface area contributed by atoms with E-state index < -0.39 is 12.1 Å². The summed E-state index contributed by atoms with van der Waals surface area (Å²) in [6.45, 7) is 4.79. The van der Waals surface area contributed by atoms with Crippen LogP contribution in [0.4, 0.5) is 0 Å². The molecular weight excluding hydrogens is 695 g/mol. The van der Waals surface area contributed by atoms with Crippen LogP contribution in [-0.2, 0) is 14.3 Å². The van der Waals surface area contributed by atoms with Gasteiger partial charge in [0, 0.05) is 12.8 Å². The Kier molecular flexibility index (Phi) is 44.2. The number of aliphatic hydroxyl groups is 2. The molecule has 328 valence electrons. The second-order valence-electron chi connectivity index (χ2n) is 16.4. The summed E-state index contributed by atoms with van der Waals surface area (Å²) in [4.78, 5) is 24.4. The van der Waals surface area contributed by atoms with Crippen LogP contribution in [0.5, 0.6) is 0 Å². The lowest BCUT2D eigenvalue weighted by Crippen LogP contribution is -2.45. The Balaban J connectivity index is 3.57. The number of amides is 1. The van der Waals surface area contributed by atoms with Gasteiger partial charge in [-0.15, -0.1) is 0 Å². The lowest BCUT2D eigenvalue weighted by molar-refractivity contribution is -0.143. The third-order valence-corrected chi connectivity index (χ3v) is 10.9. The maximum Gasteiger partial charge on any atom is 0.305 e. The molecule has 0 aliphatic rings. The molecule has 0 rings (SSSR count). The molecule has 0 saturated heterocycles. The number of rotatable bonds is 44. The van der Waals surface area contributed by atoms with Gasteiger partial charge in [-0.3, -0.25) is 9.59 Å². The smallest absolute Gasteiger partial charge is 0.305 e. The lowest BCUT2D eigenvalue weighted by atomic mass is 10.0. The number of carbonyl (C=O) groups excluding carboxylic acids is 2. The number of unbranched alkanes of at least 4 members (excludes halogenated alkanes) is 29. The monoisotopic (exact) mass is 788 g/mol. The Labute approximate surface area is 347 Å². The Morgan fingerprint density at radius 2 is 0.857 bits per heavy atom. The van der Waals surface area contributed by atoms with Gasteiger partial charge in [-0.05, 0) is 77.0 Å². The van der Waals surface area contributed by atoms with Gasteiger partial charge in [0.25, 0.3) is 0 Å². The van der Waals surface area contributed by atoms with Gasteiger partial charge < -0.3 is 20.3 Å². The maximum atomic E-state index is 12.4. The van der Waals surface area contributed by atoms with Crippen molar-refractivity contribution in [1.29, 1.82) is 0 Å². The first-order valence-electron chi connectivity index (χ1n) is 24.3. The van der Waals surface area contributed by atoms with Gasteiger partial charge in [-0.2, -0.15) is 0 Å². The summed E-state index contributed by atoms with van der Waals surface area (Å²) in [5.74, 6) is -0.173. The second-order valence-corrected chi connectivity index (χ2v) is 16.4. The van der Waals surface area contributed by atoms with Crippen LogP contribution in [0.25, 0.3) is 0 Å². The Hall–Kier alpha value is -1.92. The average molecular weight is 788 g/mol. The molecule has 2 unspecified atom stereocenters. The largest absolute Gasteiger partial charge is 0.466 e. The maximum absolute atomic E-state index is 12.4. The summed E-state index contributed by atoms with van der Waals surface area (Å²) in [5.41, 5.74) is 0. The fraction of sp³-hybridized carbons (Fsp3) is 0.840. The standard InChI is InChI=1S/C50H93NO5/c1-3-5-7-9-11-13-15-17-18-19-20-22-24-28-32-36-40-44-50(55)56-45-41-37-33-29-25-27-31-35-39-43-49(54)51-47(46-52)48(53)42-38-34-30-26-23-21-16-14-12-10-8-6-4-2/h17-18,27,31,38,42,47-48,52-53H,3-16,19-26,28-30,32-37,39-41,43-46H2,1-2H3,(H,51,54)/b18-17-,31-27-,42-38+. The fourth-order valence-corrected chi connectivity index (χ4v) is 7.10. The van der Waals surface area contributed by atoms with E-state index in [2.05, 4.69) is 43.5 Å². The summed E-state index contributed by atoms with van der Waals surface area (Å²) in [7, 11) is 0. The van der Waals surface area contributed by atoms with Gasteiger partial charge >= 0.3 is 5.97 Å². The van der Waals surface area contributed by atoms with Crippen molar-refractivity contribution in [2.45, 2.75) is 257 Å². The molecule has 0 spiro atoms. The van der Waals surface area contributed by atoms with Crippen molar-refractivity contribution in [2.75, 3.05) is 13.2 Å². The van der Waals surface area contributed by atoms with Gasteiger partial charge in [0.1, 0.15) is 0 Å². The molecule has 56 heavy (non-hydrogen) atoms. The normalized spacial score (nSPS) is 13.0. The van der Waals surface area contributed by atoms with E-state index in [1.54, 1.807) is 6.08 Å². The molecule has 0 aromatic carbocycles. The molecule has 0 bridgehead atoms. The Morgan fingerprint density at radius 3 is 1.30 bits per heavy atom. The molecule has 6 nitrogen and oxygen atoms in total. The number of hydrogen-bond acceptors (Lipinski definition) is 5. The summed E-state index contributed by atoms with van der Waals surface area (Å²) < 4.78 is 5.44. The molecule has 0 aromatic rings. The number of allylic oxidation sites excluding steroid dienone is 5. The molecule has 1 amide bonds. The predicted molar refractivity (Wildman–Crippen MR) is 241 cm³/mol. The van der Waals surface area contributed by atoms with Crippen molar-refractivity contribution in [3.05, 3.63) is 36.5 Å². The quantitative estimate of drug-likeness (QED) is 0.0325. The molecule has 0 aromatic heterocycles. The average Bonchev–Trinajstić information content (AvgIpc) is 3.20. The highest BCUT2D eigenvalue weighted by atomic mass is 16.5. The van der Waals surface area contributed by atoms with Crippen LogP contribution < -0.4 is 5.32 Å². The van der Waals surface area contributed by atoms with Crippen LogP contribution in [0.3, 0.4) is 0 Å². The summed E-state index contributed by atoms with van der Waals surface area (Å²) in [5, 5.41) is 22.9. The first kappa shape index (κ1) is 54.1. The second kappa shape index (κ2) is 45.8. The third kappa shape index (κ3) is 41.7. The molecule has 0 fully saturated rings. The zero-order chi connectivity index (χ0) is 40.8. The predicted octanol–water partition coefficient (Wildman–Crippen LogP) is 14.1. The number of ether oxygens (including phenoxy) is 1. The van der Waals surface area contributed by atoms with Crippen LogP contribution in [0.1, 0.15) is 245 Å². The van der Waals surface area contributed by atoms with Gasteiger partial charge in [0.05, 0.1) is 25.4 Å². The zero-order valence-electron chi connectivity index (χ0n) is 37.1. The highest BCUT2D eigenvalue weighted by molar-refractivity contribution is 5.76. The SMILES string of the molecule is CCCCCCCC/C=C\CCCCCCCCCC(=O)OCCCCCC/C=C\CCCC(=O)NC(CO)C(O)/C=C/CCCCCCCCCCCCC. The van der Waals surface area contributed by atoms with E-state index >= 15 is 0 Å². The molecule has 0 radical (unpaired) electrons. The van der Waals surface area contributed by atoms with Crippen LogP contribution in [0.15, 0.2) is 36.5 Å². The highest BCUT2D eigenvalue weighted by Gasteiger charge is 2.17. The lowest BCUT2D eigenvalue weighted by Gasteiger charge is -2.19. The zero-order valence-corrected chi connectivity index (χ0v) is 37.1. The first-order chi connectivity index (χ1) is 27.5. The van der Waals surface area contributed by atoms with E-state index in [0.29, 0.717) is 19.4 Å². The first-order valence-corrected chi connectivity index (χ1v) is 24.3. The fourth-order valence-electron chi connectivity index (χ4n) is 7.10. The third-order valence-electron chi connectivity index (χ3n) is 10.9. The van der Waals surface area contributed by atoms with E-state index in [-0.39, 0.29) is 18.5 Å². The molecule has 0 aliphatic heterocycles. The minimum atomic E-state index is -0.874. The molecule has 6 heteroatoms. The summed E-state index contributed by atoms with van der Waals surface area (Å²) in [6, 6.07) is -0.665. The number of aliphatic hydroxyl groups excluding tert-OH is 2. The van der Waals surface area contributed by atoms with Crippen molar-refractivity contribution in [3.8, 4) is 0 Å². The van der Waals surface area contributed by atoms with Gasteiger partial charge in [0.15, 0.2) is 0 Å². The molecule has 0 aliphatic carbocycles. The van der Waals surface area contributed by atoms with Crippen molar-refractivity contribution in [3.63, 3.8) is 0 Å². The van der Waals surface area contributed by atoms with E-state index in [9.17, 15) is 19.8 Å². The topological polar surface area (TPSA) is 95.9 Å².